The van der Waals surface area contributed by atoms with Gasteiger partial charge in [0, 0.05) is 30.8 Å². The molecule has 0 amide bonds. The van der Waals surface area contributed by atoms with Crippen molar-refractivity contribution in [3.8, 4) is 0 Å². The first-order valence-electron chi connectivity index (χ1n) is 7.24. The number of aromatic nitrogens is 1. The second kappa shape index (κ2) is 7.28. The third-order valence-corrected chi connectivity index (χ3v) is 4.34. The Bertz CT molecular complexity index is 766. The first-order valence-corrected chi connectivity index (χ1v) is 8.06. The second-order valence-corrected chi connectivity index (χ2v) is 6.04. The standard InChI is InChI=1S/C15H14N4O4S/c20-14(11-1-3-12(4-2-11)19(21)22)13-9-16-15(24-13)17-10-18-5-7-23-8-6-18/h1-4,9-10H,5-8H2/b17-10+. The number of rotatable bonds is 5. The van der Waals surface area contributed by atoms with Crippen LogP contribution in [0.3, 0.4) is 0 Å². The zero-order valence-corrected chi connectivity index (χ0v) is 13.4. The maximum atomic E-state index is 12.4. The summed E-state index contributed by atoms with van der Waals surface area (Å²) in [5, 5.41) is 11.1. The molecule has 0 saturated carbocycles. The van der Waals surface area contributed by atoms with Crippen LogP contribution in [-0.2, 0) is 4.74 Å². The zero-order chi connectivity index (χ0) is 16.9. The van der Waals surface area contributed by atoms with Crippen molar-refractivity contribution in [3.05, 3.63) is 51.0 Å². The molecule has 9 heteroatoms. The molecule has 0 bridgehead atoms. The molecule has 1 aliphatic heterocycles. The number of hydrogen-bond acceptors (Lipinski definition) is 7. The predicted molar refractivity (Wildman–Crippen MR) is 89.2 cm³/mol. The lowest BCUT2D eigenvalue weighted by Crippen LogP contribution is -2.34. The molecule has 1 aliphatic rings. The highest BCUT2D eigenvalue weighted by atomic mass is 32.1. The zero-order valence-electron chi connectivity index (χ0n) is 12.6. The summed E-state index contributed by atoms with van der Waals surface area (Å²) in [6.45, 7) is 2.91. The summed E-state index contributed by atoms with van der Waals surface area (Å²) in [6.07, 6.45) is 3.18. The minimum absolute atomic E-state index is 0.0494. The number of thiazole rings is 1. The Balaban J connectivity index is 1.68. The van der Waals surface area contributed by atoms with Gasteiger partial charge in [0.1, 0.15) is 0 Å². The van der Waals surface area contributed by atoms with Gasteiger partial charge in [-0.2, -0.15) is 0 Å². The quantitative estimate of drug-likeness (QED) is 0.271. The van der Waals surface area contributed by atoms with Gasteiger partial charge in [0.05, 0.1) is 35.5 Å². The third kappa shape index (κ3) is 3.81. The minimum Gasteiger partial charge on any atom is -0.378 e. The number of morpholine rings is 1. The summed E-state index contributed by atoms with van der Waals surface area (Å²) in [5.41, 5.74) is 0.333. The number of hydrogen-bond donors (Lipinski definition) is 0. The van der Waals surface area contributed by atoms with Crippen LogP contribution in [0.25, 0.3) is 0 Å². The highest BCUT2D eigenvalue weighted by molar-refractivity contribution is 7.17. The van der Waals surface area contributed by atoms with Crippen LogP contribution < -0.4 is 0 Å². The van der Waals surface area contributed by atoms with Gasteiger partial charge in [-0.25, -0.2) is 9.98 Å². The fourth-order valence-corrected chi connectivity index (χ4v) is 2.85. The summed E-state index contributed by atoms with van der Waals surface area (Å²) in [5.74, 6) is -0.227. The van der Waals surface area contributed by atoms with E-state index in [0.29, 0.717) is 28.8 Å². The highest BCUT2D eigenvalue weighted by Crippen LogP contribution is 2.24. The number of nitro groups is 1. The topological polar surface area (TPSA) is 97.9 Å². The summed E-state index contributed by atoms with van der Waals surface area (Å²) in [4.78, 5) is 33.4. The van der Waals surface area contributed by atoms with Crippen LogP contribution in [0.4, 0.5) is 10.8 Å². The Kier molecular flexibility index (Phi) is 4.92. The van der Waals surface area contributed by atoms with Gasteiger partial charge in [0.15, 0.2) is 0 Å². The molecule has 0 aliphatic carbocycles. The molecule has 0 radical (unpaired) electrons. The molecule has 2 heterocycles. The Morgan fingerprint density at radius 1 is 1.33 bits per heavy atom. The van der Waals surface area contributed by atoms with Gasteiger partial charge >= 0.3 is 0 Å². The molecule has 2 aromatic rings. The van der Waals surface area contributed by atoms with Crippen molar-refractivity contribution in [2.75, 3.05) is 26.3 Å². The Morgan fingerprint density at radius 3 is 2.71 bits per heavy atom. The number of non-ortho nitro benzene ring substituents is 1. The largest absolute Gasteiger partial charge is 0.378 e. The van der Waals surface area contributed by atoms with Gasteiger partial charge in [-0.15, -0.1) is 0 Å². The maximum absolute atomic E-state index is 12.4. The van der Waals surface area contributed by atoms with Crippen molar-refractivity contribution >= 4 is 34.3 Å². The van der Waals surface area contributed by atoms with Gasteiger partial charge in [0.25, 0.3) is 5.69 Å². The van der Waals surface area contributed by atoms with E-state index in [1.807, 2.05) is 4.90 Å². The van der Waals surface area contributed by atoms with Crippen LogP contribution in [0.15, 0.2) is 35.5 Å². The van der Waals surface area contributed by atoms with Gasteiger partial charge in [-0.1, -0.05) is 11.3 Å². The number of nitrogens with zero attached hydrogens (tertiary/aromatic N) is 4. The Hall–Kier alpha value is -2.65. The third-order valence-electron chi connectivity index (χ3n) is 3.43. The molecule has 0 unspecified atom stereocenters. The Morgan fingerprint density at radius 2 is 2.04 bits per heavy atom. The molecule has 1 fully saturated rings. The smallest absolute Gasteiger partial charge is 0.269 e. The SMILES string of the molecule is O=C(c1ccc([N+](=O)[O-])cc1)c1cnc(/N=C/N2CCOCC2)s1. The Labute approximate surface area is 141 Å². The minimum atomic E-state index is -0.501. The highest BCUT2D eigenvalue weighted by Gasteiger charge is 2.15. The molecular formula is C15H14N4O4S. The van der Waals surface area contributed by atoms with Crippen molar-refractivity contribution in [2.24, 2.45) is 4.99 Å². The lowest BCUT2D eigenvalue weighted by molar-refractivity contribution is -0.384. The number of aliphatic imine (C=N–C) groups is 1. The van der Waals surface area contributed by atoms with E-state index in [4.69, 9.17) is 4.74 Å². The van der Waals surface area contributed by atoms with Crippen LogP contribution in [0.1, 0.15) is 15.2 Å². The van der Waals surface area contributed by atoms with E-state index in [9.17, 15) is 14.9 Å². The number of nitro benzene ring substituents is 1. The van der Waals surface area contributed by atoms with Crippen LogP contribution in [0, 0.1) is 10.1 Å². The van der Waals surface area contributed by atoms with Gasteiger partial charge in [-0.05, 0) is 12.1 Å². The molecule has 24 heavy (non-hydrogen) atoms. The average Bonchev–Trinajstić information content (AvgIpc) is 3.09. The van der Waals surface area contributed by atoms with Crippen molar-refractivity contribution in [1.82, 2.24) is 9.88 Å². The molecular weight excluding hydrogens is 332 g/mol. The van der Waals surface area contributed by atoms with Crippen LogP contribution >= 0.6 is 11.3 Å². The number of carbonyl (C=O) groups is 1. The van der Waals surface area contributed by atoms with Crippen LogP contribution in [-0.4, -0.2) is 53.2 Å². The number of ether oxygens (including phenoxy) is 1. The van der Waals surface area contributed by atoms with E-state index in [1.165, 1.54) is 41.8 Å². The van der Waals surface area contributed by atoms with Crippen molar-refractivity contribution < 1.29 is 14.5 Å². The number of ketones is 1. The summed E-state index contributed by atoms with van der Waals surface area (Å²) in [7, 11) is 0. The number of carbonyl (C=O) groups excluding carboxylic acids is 1. The molecule has 124 valence electrons. The van der Waals surface area contributed by atoms with Gasteiger partial charge in [-0.3, -0.25) is 14.9 Å². The lowest BCUT2D eigenvalue weighted by Gasteiger charge is -2.23. The molecule has 0 atom stereocenters. The van der Waals surface area contributed by atoms with Crippen LogP contribution in [0.2, 0.25) is 0 Å². The van der Waals surface area contributed by atoms with Gasteiger partial charge in [0.2, 0.25) is 10.9 Å². The van der Waals surface area contributed by atoms with E-state index < -0.39 is 4.92 Å². The molecule has 1 aromatic carbocycles. The van der Waals surface area contributed by atoms with Crippen molar-refractivity contribution in [1.29, 1.82) is 0 Å². The summed E-state index contributed by atoms with van der Waals surface area (Å²) >= 11 is 1.18. The fraction of sp³-hybridized carbons (Fsp3) is 0.267. The molecule has 0 N–H and O–H groups in total. The molecule has 1 saturated heterocycles. The monoisotopic (exact) mass is 346 g/mol. The van der Waals surface area contributed by atoms with Crippen molar-refractivity contribution in [2.45, 2.75) is 0 Å². The summed E-state index contributed by atoms with van der Waals surface area (Å²) in [6, 6.07) is 5.51. The van der Waals surface area contributed by atoms with Crippen molar-refractivity contribution in [3.63, 3.8) is 0 Å². The average molecular weight is 346 g/mol. The van der Waals surface area contributed by atoms with E-state index >= 15 is 0 Å². The van der Waals surface area contributed by atoms with E-state index in [-0.39, 0.29) is 11.5 Å². The maximum Gasteiger partial charge on any atom is 0.269 e. The normalized spacial score (nSPS) is 14.9. The molecule has 3 rings (SSSR count). The molecule has 8 nitrogen and oxygen atoms in total. The van der Waals surface area contributed by atoms with E-state index in [1.54, 1.807) is 6.34 Å². The van der Waals surface area contributed by atoms with Crippen LogP contribution in [0.5, 0.6) is 0 Å². The first-order chi connectivity index (χ1) is 11.6. The predicted octanol–water partition coefficient (Wildman–Crippen LogP) is 2.27. The second-order valence-electron chi connectivity index (χ2n) is 5.03. The summed E-state index contributed by atoms with van der Waals surface area (Å²) < 4.78 is 5.26. The first kappa shape index (κ1) is 16.2. The lowest BCUT2D eigenvalue weighted by atomic mass is 10.1. The fourth-order valence-electron chi connectivity index (χ4n) is 2.13. The molecule has 1 aromatic heterocycles. The number of benzene rings is 1. The molecule has 0 spiro atoms. The van der Waals surface area contributed by atoms with E-state index in [2.05, 4.69) is 9.98 Å². The van der Waals surface area contributed by atoms with E-state index in [0.717, 1.165) is 13.1 Å². The van der Waals surface area contributed by atoms with Gasteiger partial charge < -0.3 is 9.64 Å².